The summed E-state index contributed by atoms with van der Waals surface area (Å²) in [4.78, 5) is 11.8. The summed E-state index contributed by atoms with van der Waals surface area (Å²) >= 11 is 0. The Bertz CT molecular complexity index is 501. The van der Waals surface area contributed by atoms with E-state index in [0.29, 0.717) is 12.1 Å². The minimum absolute atomic E-state index is 0.0629. The van der Waals surface area contributed by atoms with Crippen LogP contribution in [0, 0.1) is 5.82 Å². The van der Waals surface area contributed by atoms with Gasteiger partial charge in [-0.25, -0.2) is 4.39 Å². The SMILES string of the molecule is CC(C(=O)OC(C)(C)C)c1ccc(F)c(C(F)(F)F)c1. The number of halogens is 4. The van der Waals surface area contributed by atoms with Gasteiger partial charge in [-0.15, -0.1) is 0 Å². The zero-order valence-corrected chi connectivity index (χ0v) is 11.6. The molecular weight excluding hydrogens is 276 g/mol. The lowest BCUT2D eigenvalue weighted by molar-refractivity contribution is -0.156. The molecule has 112 valence electrons. The third kappa shape index (κ3) is 4.21. The van der Waals surface area contributed by atoms with Crippen molar-refractivity contribution in [3.05, 3.63) is 35.1 Å². The Morgan fingerprint density at radius 3 is 2.20 bits per heavy atom. The first kappa shape index (κ1) is 16.5. The summed E-state index contributed by atoms with van der Waals surface area (Å²) in [6.45, 7) is 6.39. The smallest absolute Gasteiger partial charge is 0.419 e. The normalized spacial score (nSPS) is 14.0. The van der Waals surface area contributed by atoms with Crippen LogP contribution < -0.4 is 0 Å². The number of hydrogen-bond acceptors (Lipinski definition) is 2. The molecule has 0 spiro atoms. The zero-order valence-electron chi connectivity index (χ0n) is 11.6. The van der Waals surface area contributed by atoms with Crippen molar-refractivity contribution in [3.63, 3.8) is 0 Å². The van der Waals surface area contributed by atoms with Crippen LogP contribution in [-0.4, -0.2) is 11.6 Å². The summed E-state index contributed by atoms with van der Waals surface area (Å²) in [6, 6.07) is 2.50. The van der Waals surface area contributed by atoms with E-state index in [1.54, 1.807) is 20.8 Å². The molecule has 1 aromatic rings. The van der Waals surface area contributed by atoms with Gasteiger partial charge in [0, 0.05) is 0 Å². The molecule has 0 heterocycles. The zero-order chi connectivity index (χ0) is 15.7. The van der Waals surface area contributed by atoms with Crippen LogP contribution in [0.15, 0.2) is 18.2 Å². The van der Waals surface area contributed by atoms with Gasteiger partial charge in [-0.3, -0.25) is 4.79 Å². The molecule has 20 heavy (non-hydrogen) atoms. The second-order valence-electron chi connectivity index (χ2n) is 5.49. The van der Waals surface area contributed by atoms with E-state index in [-0.39, 0.29) is 5.56 Å². The van der Waals surface area contributed by atoms with E-state index in [0.717, 1.165) is 6.07 Å². The van der Waals surface area contributed by atoms with Gasteiger partial charge in [0.2, 0.25) is 0 Å². The van der Waals surface area contributed by atoms with Crippen molar-refractivity contribution in [2.75, 3.05) is 0 Å². The third-order valence-electron chi connectivity index (χ3n) is 2.56. The molecular formula is C14H16F4O2. The van der Waals surface area contributed by atoms with Crippen molar-refractivity contribution >= 4 is 5.97 Å². The highest BCUT2D eigenvalue weighted by Gasteiger charge is 2.35. The molecule has 0 radical (unpaired) electrons. The molecule has 0 saturated carbocycles. The van der Waals surface area contributed by atoms with E-state index in [4.69, 9.17) is 4.74 Å². The lowest BCUT2D eigenvalue weighted by atomic mass is 9.98. The van der Waals surface area contributed by atoms with Crippen LogP contribution in [-0.2, 0) is 15.7 Å². The van der Waals surface area contributed by atoms with Crippen LogP contribution in [0.1, 0.15) is 44.7 Å². The fourth-order valence-electron chi connectivity index (χ4n) is 1.56. The third-order valence-corrected chi connectivity index (χ3v) is 2.56. The maximum atomic E-state index is 13.2. The van der Waals surface area contributed by atoms with Gasteiger partial charge < -0.3 is 4.74 Å². The lowest BCUT2D eigenvalue weighted by Gasteiger charge is -2.22. The van der Waals surface area contributed by atoms with Crippen molar-refractivity contribution in [3.8, 4) is 0 Å². The topological polar surface area (TPSA) is 26.3 Å². The van der Waals surface area contributed by atoms with Crippen LogP contribution in [0.25, 0.3) is 0 Å². The average molecular weight is 292 g/mol. The van der Waals surface area contributed by atoms with Gasteiger partial charge in [-0.1, -0.05) is 6.07 Å². The Hall–Kier alpha value is -1.59. The quantitative estimate of drug-likeness (QED) is 0.600. The summed E-state index contributed by atoms with van der Waals surface area (Å²) in [6.07, 6.45) is -4.80. The van der Waals surface area contributed by atoms with E-state index in [1.165, 1.54) is 6.92 Å². The fraction of sp³-hybridized carbons (Fsp3) is 0.500. The van der Waals surface area contributed by atoms with Crippen molar-refractivity contribution in [1.82, 2.24) is 0 Å². The molecule has 0 aromatic heterocycles. The van der Waals surface area contributed by atoms with E-state index < -0.39 is 35.0 Å². The molecule has 0 aliphatic carbocycles. The van der Waals surface area contributed by atoms with Crippen molar-refractivity contribution in [2.45, 2.75) is 45.4 Å². The first-order valence-corrected chi connectivity index (χ1v) is 6.01. The van der Waals surface area contributed by atoms with Crippen LogP contribution in [0.5, 0.6) is 0 Å². The maximum absolute atomic E-state index is 13.2. The van der Waals surface area contributed by atoms with Gasteiger partial charge in [0.25, 0.3) is 0 Å². The van der Waals surface area contributed by atoms with Gasteiger partial charge in [0.1, 0.15) is 11.4 Å². The van der Waals surface area contributed by atoms with Crippen LogP contribution in [0.4, 0.5) is 17.6 Å². The Labute approximate surface area is 114 Å². The van der Waals surface area contributed by atoms with Crippen molar-refractivity contribution in [1.29, 1.82) is 0 Å². The van der Waals surface area contributed by atoms with Gasteiger partial charge in [-0.05, 0) is 45.4 Å². The Kier molecular flexibility index (Phi) is 4.46. The molecule has 1 rings (SSSR count). The second-order valence-corrected chi connectivity index (χ2v) is 5.49. The number of carbonyl (C=O) groups is 1. The second kappa shape index (κ2) is 5.42. The summed E-state index contributed by atoms with van der Waals surface area (Å²) < 4.78 is 56.1. The van der Waals surface area contributed by atoms with Gasteiger partial charge in [-0.2, -0.15) is 13.2 Å². The van der Waals surface area contributed by atoms with Gasteiger partial charge >= 0.3 is 12.1 Å². The van der Waals surface area contributed by atoms with Gasteiger partial charge in [0.15, 0.2) is 0 Å². The number of alkyl halides is 3. The highest BCUT2D eigenvalue weighted by Crippen LogP contribution is 2.33. The maximum Gasteiger partial charge on any atom is 0.419 e. The molecule has 1 unspecified atom stereocenters. The first-order chi connectivity index (χ1) is 8.92. The summed E-state index contributed by atoms with van der Waals surface area (Å²) in [5.74, 6) is -2.93. The van der Waals surface area contributed by atoms with Gasteiger partial charge in [0.05, 0.1) is 11.5 Å². The van der Waals surface area contributed by atoms with E-state index in [2.05, 4.69) is 0 Å². The number of carbonyl (C=O) groups excluding carboxylic acids is 1. The minimum atomic E-state index is -4.80. The molecule has 0 N–H and O–H groups in total. The first-order valence-electron chi connectivity index (χ1n) is 6.01. The Balaban J connectivity index is 3.06. The Morgan fingerprint density at radius 1 is 1.20 bits per heavy atom. The monoisotopic (exact) mass is 292 g/mol. The molecule has 0 fully saturated rings. The summed E-state index contributed by atoms with van der Waals surface area (Å²) in [5.41, 5.74) is -2.06. The molecule has 2 nitrogen and oxygen atoms in total. The highest BCUT2D eigenvalue weighted by molar-refractivity contribution is 5.78. The number of rotatable bonds is 2. The predicted molar refractivity (Wildman–Crippen MR) is 65.7 cm³/mol. The van der Waals surface area contributed by atoms with Crippen LogP contribution in [0.3, 0.4) is 0 Å². The highest BCUT2D eigenvalue weighted by atomic mass is 19.4. The fourth-order valence-corrected chi connectivity index (χ4v) is 1.56. The predicted octanol–water partition coefficient (Wildman–Crippen LogP) is 4.29. The number of hydrogen-bond donors (Lipinski definition) is 0. The van der Waals surface area contributed by atoms with Crippen LogP contribution in [0.2, 0.25) is 0 Å². The lowest BCUT2D eigenvalue weighted by Crippen LogP contribution is -2.27. The molecule has 1 atom stereocenters. The van der Waals surface area contributed by atoms with E-state index >= 15 is 0 Å². The Morgan fingerprint density at radius 2 is 1.75 bits per heavy atom. The van der Waals surface area contributed by atoms with Crippen molar-refractivity contribution < 1.29 is 27.1 Å². The minimum Gasteiger partial charge on any atom is -0.460 e. The van der Waals surface area contributed by atoms with E-state index in [1.807, 2.05) is 0 Å². The molecule has 0 aliphatic heterocycles. The number of esters is 1. The van der Waals surface area contributed by atoms with Crippen LogP contribution >= 0.6 is 0 Å². The standard InChI is InChI=1S/C14H16F4O2/c1-8(12(19)20-13(2,3)4)9-5-6-11(15)10(7-9)14(16,17)18/h5-8H,1-4H3. The molecule has 6 heteroatoms. The van der Waals surface area contributed by atoms with E-state index in [9.17, 15) is 22.4 Å². The molecule has 0 aliphatic rings. The molecule has 0 bridgehead atoms. The number of benzene rings is 1. The summed E-state index contributed by atoms with van der Waals surface area (Å²) in [7, 11) is 0. The van der Waals surface area contributed by atoms with Crippen molar-refractivity contribution in [2.24, 2.45) is 0 Å². The molecule has 0 saturated heterocycles. The number of ether oxygens (including phenoxy) is 1. The largest absolute Gasteiger partial charge is 0.460 e. The molecule has 1 aromatic carbocycles. The average Bonchev–Trinajstić information content (AvgIpc) is 2.24. The molecule has 0 amide bonds. The summed E-state index contributed by atoms with van der Waals surface area (Å²) in [5, 5.41) is 0.